The van der Waals surface area contributed by atoms with Crippen molar-refractivity contribution in [2.45, 2.75) is 19.8 Å². The van der Waals surface area contributed by atoms with Crippen molar-refractivity contribution in [2.75, 3.05) is 30.9 Å². The summed E-state index contributed by atoms with van der Waals surface area (Å²) in [6, 6.07) is 4.43. The highest BCUT2D eigenvalue weighted by Gasteiger charge is 2.43. The molecule has 1 heterocycles. The number of rotatable bonds is 8. The first kappa shape index (κ1) is 12.6. The minimum Gasteiger partial charge on any atom is -0.493 e. The molecule has 1 aliphatic heterocycles. The lowest BCUT2D eigenvalue weighted by Gasteiger charge is -2.27. The fraction of sp³-hybridized carbons (Fsp3) is 0.318. The zero-order valence-electron chi connectivity index (χ0n) is 27.5. The third kappa shape index (κ3) is 4.59. The molecule has 0 radical (unpaired) electrons. The molecule has 9 nitrogen and oxygen atoms in total. The summed E-state index contributed by atoms with van der Waals surface area (Å²) in [6.07, 6.45) is -3.62. The van der Waals surface area contributed by atoms with Crippen LogP contribution in [0.3, 0.4) is 0 Å². The summed E-state index contributed by atoms with van der Waals surface area (Å²) >= 11 is 0. The van der Waals surface area contributed by atoms with Crippen LogP contribution in [0.2, 0.25) is 0 Å². The molecule has 0 aromatic heterocycles. The number of carbonyl (C=O) groups is 3. The highest BCUT2D eigenvalue weighted by atomic mass is 32.2. The SMILES string of the molecule is [2H]C([2H])([2H])Oc1ccc([C@@H](CS(=O)(=O)C([2H])([2H])[2H])N2C(=O)c3cccc(NC(C)=O)c3C2=O)cc1OC([2H])([2H])C([2H])([2H])[2H]. The molecule has 3 rings (SSSR count). The van der Waals surface area contributed by atoms with E-state index in [-0.39, 0.29) is 16.8 Å². The van der Waals surface area contributed by atoms with Gasteiger partial charge in [-0.3, -0.25) is 19.3 Å². The smallest absolute Gasteiger partial charge is 0.264 e. The number of sulfone groups is 1. The van der Waals surface area contributed by atoms with E-state index in [4.69, 9.17) is 24.6 Å². The third-order valence-electron chi connectivity index (χ3n) is 4.57. The minimum atomic E-state index is -5.10. The number of methoxy groups -OCH3 is 1. The van der Waals surface area contributed by atoms with Gasteiger partial charge < -0.3 is 14.8 Å². The van der Waals surface area contributed by atoms with Gasteiger partial charge in [0.15, 0.2) is 11.5 Å². The molecular weight excluding hydrogens is 436 g/mol. The van der Waals surface area contributed by atoms with E-state index in [2.05, 4.69) is 5.32 Å². The second kappa shape index (κ2) is 8.99. The molecular formula is C22H24N2O7S. The van der Waals surface area contributed by atoms with Gasteiger partial charge in [0, 0.05) is 21.3 Å². The van der Waals surface area contributed by atoms with Crippen molar-refractivity contribution < 1.29 is 47.4 Å². The van der Waals surface area contributed by atoms with Gasteiger partial charge in [0.25, 0.3) is 11.8 Å². The van der Waals surface area contributed by atoms with Crippen LogP contribution in [-0.2, 0) is 14.6 Å². The monoisotopic (exact) mass is 471 g/mol. The topological polar surface area (TPSA) is 119 Å². The van der Waals surface area contributed by atoms with Crippen LogP contribution in [0.4, 0.5) is 5.69 Å². The number of ether oxygens (including phenoxy) is 2. The Labute approximate surface area is 201 Å². The lowest BCUT2D eigenvalue weighted by molar-refractivity contribution is -0.114. The number of nitrogens with one attached hydrogen (secondary N) is 1. The zero-order valence-corrected chi connectivity index (χ0v) is 17.3. The van der Waals surface area contributed by atoms with Gasteiger partial charge in [-0.25, -0.2) is 8.42 Å². The van der Waals surface area contributed by atoms with Crippen LogP contribution in [0.25, 0.3) is 0 Å². The predicted octanol–water partition coefficient (Wildman–Crippen LogP) is 2.43. The number of hydrogen-bond donors (Lipinski definition) is 1. The van der Waals surface area contributed by atoms with Crippen LogP contribution in [0, 0.1) is 0 Å². The second-order valence-electron chi connectivity index (χ2n) is 6.70. The van der Waals surface area contributed by atoms with Gasteiger partial charge in [-0.2, -0.15) is 0 Å². The van der Waals surface area contributed by atoms with Crippen molar-refractivity contribution >= 4 is 33.2 Å². The average Bonchev–Trinajstić information content (AvgIpc) is 3.06. The second-order valence-corrected chi connectivity index (χ2v) is 8.26. The normalized spacial score (nSPS) is 20.9. The van der Waals surface area contributed by atoms with Gasteiger partial charge in [0.1, 0.15) is 9.84 Å². The van der Waals surface area contributed by atoms with Gasteiger partial charge in [0.05, 0.1) is 49.1 Å². The molecule has 0 aliphatic carbocycles. The Morgan fingerprint density at radius 2 is 2.03 bits per heavy atom. The molecule has 170 valence electrons. The van der Waals surface area contributed by atoms with Gasteiger partial charge in [-0.15, -0.1) is 0 Å². The number of amides is 3. The first-order valence-electron chi connectivity index (χ1n) is 14.4. The van der Waals surface area contributed by atoms with Crippen LogP contribution in [-0.4, -0.2) is 56.6 Å². The number of hydrogen-bond acceptors (Lipinski definition) is 7. The van der Waals surface area contributed by atoms with E-state index in [9.17, 15) is 22.8 Å². The van der Waals surface area contributed by atoms with Crippen LogP contribution >= 0.6 is 0 Å². The molecule has 0 saturated heterocycles. The Morgan fingerprint density at radius 1 is 1.22 bits per heavy atom. The van der Waals surface area contributed by atoms with Crippen LogP contribution in [0.1, 0.15) is 61.2 Å². The lowest BCUT2D eigenvalue weighted by Crippen LogP contribution is -2.37. The van der Waals surface area contributed by atoms with Crippen molar-refractivity contribution in [1.29, 1.82) is 0 Å². The Bertz CT molecular complexity index is 1570. The molecule has 1 atom stereocenters. The quantitative estimate of drug-likeness (QED) is 0.587. The van der Waals surface area contributed by atoms with Gasteiger partial charge >= 0.3 is 0 Å². The summed E-state index contributed by atoms with van der Waals surface area (Å²) in [5, 5.41) is 2.37. The molecule has 1 aliphatic rings. The van der Waals surface area contributed by atoms with Crippen molar-refractivity contribution in [2.24, 2.45) is 0 Å². The van der Waals surface area contributed by atoms with Crippen LogP contribution in [0.15, 0.2) is 36.4 Å². The third-order valence-corrected chi connectivity index (χ3v) is 5.32. The molecule has 0 unspecified atom stereocenters. The summed E-state index contributed by atoms with van der Waals surface area (Å²) in [7, 11) is -8.25. The fourth-order valence-electron chi connectivity index (χ4n) is 3.36. The predicted molar refractivity (Wildman–Crippen MR) is 118 cm³/mol. The number of benzene rings is 2. The first-order valence-corrected chi connectivity index (χ1v) is 10.5. The summed E-state index contributed by atoms with van der Waals surface area (Å²) in [5.74, 6) is -5.80. The Kier molecular flexibility index (Phi) is 3.54. The summed E-state index contributed by atoms with van der Waals surface area (Å²) in [6.45, 7) is -5.75. The molecule has 32 heavy (non-hydrogen) atoms. The minimum absolute atomic E-state index is 0.0976. The first-order chi connectivity index (χ1) is 19.4. The van der Waals surface area contributed by atoms with E-state index in [0.29, 0.717) is 4.90 Å². The number of carbonyl (C=O) groups excluding carboxylic acids is 3. The standard InChI is InChI=1S/C22H24N2O7S/c1-5-31-19-11-14(9-10-18(19)30-3)17(12-32(4,28)29)24-21(26)15-7-6-8-16(23-13(2)25)20(15)22(24)27/h6-11,17H,5,12H2,1-4H3,(H,23,25)/t17-/m1/s1/i1D3,3D3,4D3,5D2. The highest BCUT2D eigenvalue weighted by molar-refractivity contribution is 7.90. The number of fused-ring (bicyclic) bond motifs is 1. The summed E-state index contributed by atoms with van der Waals surface area (Å²) in [5.41, 5.74) is -1.07. The van der Waals surface area contributed by atoms with Crippen LogP contribution < -0.4 is 14.8 Å². The van der Waals surface area contributed by atoms with Gasteiger partial charge in [0.2, 0.25) is 5.91 Å². The van der Waals surface area contributed by atoms with E-state index < -0.39 is 83.0 Å². The Balaban J connectivity index is 2.26. The molecule has 0 fully saturated rings. The van der Waals surface area contributed by atoms with Gasteiger partial charge in [-0.05, 0) is 36.7 Å². The van der Waals surface area contributed by atoms with Crippen molar-refractivity contribution in [3.8, 4) is 11.5 Å². The average molecular weight is 472 g/mol. The van der Waals surface area contributed by atoms with Crippen molar-refractivity contribution in [3.05, 3.63) is 53.1 Å². The number of imide groups is 1. The molecule has 0 saturated carbocycles. The zero-order chi connectivity index (χ0) is 32.9. The molecule has 2 aromatic carbocycles. The molecule has 2 aromatic rings. The van der Waals surface area contributed by atoms with Crippen molar-refractivity contribution in [3.63, 3.8) is 0 Å². The molecule has 10 heteroatoms. The van der Waals surface area contributed by atoms with E-state index in [1.807, 2.05) is 0 Å². The maximum Gasteiger partial charge on any atom is 0.264 e. The molecule has 3 amide bonds. The highest BCUT2D eigenvalue weighted by Crippen LogP contribution is 2.38. The largest absolute Gasteiger partial charge is 0.493 e. The van der Waals surface area contributed by atoms with E-state index >= 15 is 0 Å². The summed E-state index contributed by atoms with van der Waals surface area (Å²) in [4.78, 5) is 39.2. The van der Waals surface area contributed by atoms with Crippen LogP contribution in [0.5, 0.6) is 11.5 Å². The lowest BCUT2D eigenvalue weighted by atomic mass is 10.1. The maximum atomic E-state index is 13.6. The van der Waals surface area contributed by atoms with E-state index in [1.165, 1.54) is 18.2 Å². The molecule has 0 bridgehead atoms. The van der Waals surface area contributed by atoms with Crippen molar-refractivity contribution in [1.82, 2.24) is 4.90 Å². The maximum absolute atomic E-state index is 13.6. The van der Waals surface area contributed by atoms with E-state index in [0.717, 1.165) is 25.1 Å². The molecule has 0 spiro atoms. The fourth-order valence-corrected chi connectivity index (χ4v) is 4.12. The van der Waals surface area contributed by atoms with E-state index in [1.54, 1.807) is 0 Å². The van der Waals surface area contributed by atoms with Gasteiger partial charge in [-0.1, -0.05) is 12.1 Å². The Hall–Kier alpha value is -3.40. The number of nitrogens with zero attached hydrogens (tertiary/aromatic N) is 1. The molecule has 1 N–H and O–H groups in total. The summed E-state index contributed by atoms with van der Waals surface area (Å²) < 4.78 is 118. The number of anilines is 1. The Morgan fingerprint density at radius 3 is 2.72 bits per heavy atom.